The predicted molar refractivity (Wildman–Crippen MR) is 118 cm³/mol. The Morgan fingerprint density at radius 3 is 2.90 bits per heavy atom. The molecule has 4 rings (SSSR count). The van der Waals surface area contributed by atoms with Crippen LogP contribution in [0.25, 0.3) is 0 Å². The Hall–Kier alpha value is -2.51. The molecule has 7 heteroatoms. The topological polar surface area (TPSA) is 88.2 Å². The summed E-state index contributed by atoms with van der Waals surface area (Å²) in [6, 6.07) is 9.94. The van der Waals surface area contributed by atoms with Crippen molar-refractivity contribution in [3.05, 3.63) is 75.5 Å². The quantitative estimate of drug-likeness (QED) is 0.515. The zero-order valence-corrected chi connectivity index (χ0v) is 18.5. The molecule has 0 saturated heterocycles. The largest absolute Gasteiger partial charge is 0.458 e. The third-order valence-corrected chi connectivity index (χ3v) is 6.16. The first kappa shape index (κ1) is 20.8. The molecule has 0 aliphatic heterocycles. The van der Waals surface area contributed by atoms with E-state index in [4.69, 9.17) is 4.42 Å². The maximum atomic E-state index is 13.2. The summed E-state index contributed by atoms with van der Waals surface area (Å²) in [5, 5.41) is 13.3. The number of aliphatic hydroxyl groups is 1. The smallest absolute Gasteiger partial charge is 0.233 e. The SMILES string of the molecule is Cc1oc(C(=O)c2cncnc2N[C@@H]2C[C@@H](C)[C@@H](O)C2)cc1Cc1cccc(Br)c1. The molecule has 2 heterocycles. The van der Waals surface area contributed by atoms with E-state index in [-0.39, 0.29) is 29.6 Å². The summed E-state index contributed by atoms with van der Waals surface area (Å²) in [6.07, 6.45) is 4.73. The first-order valence-electron chi connectivity index (χ1n) is 10.0. The standard InChI is InChI=1S/C23H24BrN3O3/c1-13-6-18(10-20(13)28)27-23-19(11-25-12-26-23)22(29)21-9-16(14(2)30-21)7-15-4-3-5-17(24)8-15/h3-5,8-9,11-13,18,20,28H,6-7,10H2,1-2H3,(H,25,26,27)/t13-,18-,20+/m1/s1. The van der Waals surface area contributed by atoms with Crippen LogP contribution in [0.15, 0.2) is 51.7 Å². The predicted octanol–water partition coefficient (Wildman–Crippen LogP) is 4.53. The van der Waals surface area contributed by atoms with E-state index in [9.17, 15) is 9.90 Å². The van der Waals surface area contributed by atoms with Gasteiger partial charge in [-0.2, -0.15) is 0 Å². The molecule has 6 nitrogen and oxygen atoms in total. The molecular weight excluding hydrogens is 446 g/mol. The van der Waals surface area contributed by atoms with E-state index in [1.54, 1.807) is 6.07 Å². The second kappa shape index (κ2) is 8.70. The summed E-state index contributed by atoms with van der Waals surface area (Å²) in [4.78, 5) is 21.5. The number of aromatic nitrogens is 2. The lowest BCUT2D eigenvalue weighted by Gasteiger charge is -2.14. The number of aryl methyl sites for hydroxylation is 1. The Labute approximate surface area is 183 Å². The average Bonchev–Trinajstić information content (AvgIpc) is 3.23. The van der Waals surface area contributed by atoms with Gasteiger partial charge in [0.1, 0.15) is 17.9 Å². The van der Waals surface area contributed by atoms with Crippen LogP contribution in [-0.4, -0.2) is 33.0 Å². The van der Waals surface area contributed by atoms with Gasteiger partial charge >= 0.3 is 0 Å². The zero-order valence-electron chi connectivity index (χ0n) is 16.9. The van der Waals surface area contributed by atoms with E-state index < -0.39 is 0 Å². The molecule has 0 radical (unpaired) electrons. The molecule has 1 aliphatic rings. The molecule has 1 saturated carbocycles. The normalized spacial score (nSPS) is 21.0. The number of nitrogens with one attached hydrogen (secondary N) is 1. The molecule has 0 unspecified atom stereocenters. The number of hydrogen-bond donors (Lipinski definition) is 2. The molecule has 0 spiro atoms. The van der Waals surface area contributed by atoms with E-state index in [0.717, 1.165) is 27.8 Å². The fourth-order valence-electron chi connectivity index (χ4n) is 3.95. The molecule has 2 N–H and O–H groups in total. The maximum absolute atomic E-state index is 13.2. The molecule has 1 fully saturated rings. The molecule has 156 valence electrons. The van der Waals surface area contributed by atoms with Crippen molar-refractivity contribution in [1.29, 1.82) is 0 Å². The number of carbonyl (C=O) groups excluding carboxylic acids is 1. The van der Waals surface area contributed by atoms with E-state index in [2.05, 4.69) is 37.3 Å². The van der Waals surface area contributed by atoms with Gasteiger partial charge in [0, 0.05) is 23.1 Å². The Balaban J connectivity index is 1.55. The first-order valence-corrected chi connectivity index (χ1v) is 10.8. The Morgan fingerprint density at radius 1 is 1.33 bits per heavy atom. The summed E-state index contributed by atoms with van der Waals surface area (Å²) in [5.41, 5.74) is 2.47. The summed E-state index contributed by atoms with van der Waals surface area (Å²) in [5.74, 6) is 1.43. The maximum Gasteiger partial charge on any atom is 0.233 e. The highest BCUT2D eigenvalue weighted by molar-refractivity contribution is 9.10. The summed E-state index contributed by atoms with van der Waals surface area (Å²) in [7, 11) is 0. The third-order valence-electron chi connectivity index (χ3n) is 5.66. The van der Waals surface area contributed by atoms with E-state index >= 15 is 0 Å². The van der Waals surface area contributed by atoms with Crippen molar-refractivity contribution < 1.29 is 14.3 Å². The second-order valence-corrected chi connectivity index (χ2v) is 8.89. The van der Waals surface area contributed by atoms with Gasteiger partial charge in [0.25, 0.3) is 0 Å². The van der Waals surface area contributed by atoms with Crippen molar-refractivity contribution in [1.82, 2.24) is 9.97 Å². The number of furan rings is 1. The van der Waals surface area contributed by atoms with Crippen molar-refractivity contribution in [3.63, 3.8) is 0 Å². The average molecular weight is 470 g/mol. The van der Waals surface area contributed by atoms with Crippen molar-refractivity contribution in [3.8, 4) is 0 Å². The van der Waals surface area contributed by atoms with Gasteiger partial charge in [-0.1, -0.05) is 35.0 Å². The zero-order chi connectivity index (χ0) is 21.3. The van der Waals surface area contributed by atoms with Gasteiger partial charge < -0.3 is 14.8 Å². The number of benzene rings is 1. The summed E-state index contributed by atoms with van der Waals surface area (Å²) < 4.78 is 6.82. The van der Waals surface area contributed by atoms with Crippen LogP contribution in [-0.2, 0) is 6.42 Å². The van der Waals surface area contributed by atoms with Crippen LogP contribution in [0.5, 0.6) is 0 Å². The number of halogens is 1. The highest BCUT2D eigenvalue weighted by Gasteiger charge is 2.31. The molecular formula is C23H24BrN3O3. The number of nitrogens with zero attached hydrogens (tertiary/aromatic N) is 2. The lowest BCUT2D eigenvalue weighted by molar-refractivity contribution is 0.101. The van der Waals surface area contributed by atoms with Crippen LogP contribution < -0.4 is 5.32 Å². The molecule has 3 atom stereocenters. The number of anilines is 1. The minimum atomic E-state index is -0.336. The fraction of sp³-hybridized carbons (Fsp3) is 0.348. The van der Waals surface area contributed by atoms with Crippen molar-refractivity contribution in [2.75, 3.05) is 5.32 Å². The minimum Gasteiger partial charge on any atom is -0.458 e. The number of aliphatic hydroxyl groups excluding tert-OH is 1. The van der Waals surface area contributed by atoms with Crippen molar-refractivity contribution >= 4 is 27.5 Å². The highest BCUT2D eigenvalue weighted by Crippen LogP contribution is 2.29. The number of rotatable bonds is 6. The Kier molecular flexibility index (Phi) is 6.01. The van der Waals surface area contributed by atoms with Gasteiger partial charge in [0.15, 0.2) is 5.76 Å². The monoisotopic (exact) mass is 469 g/mol. The molecule has 1 aliphatic carbocycles. The van der Waals surface area contributed by atoms with Crippen molar-refractivity contribution in [2.24, 2.45) is 5.92 Å². The fourth-order valence-corrected chi connectivity index (χ4v) is 4.40. The van der Waals surface area contributed by atoms with E-state index in [1.807, 2.05) is 32.0 Å². The lowest BCUT2D eigenvalue weighted by Crippen LogP contribution is -2.20. The summed E-state index contributed by atoms with van der Waals surface area (Å²) in [6.45, 7) is 3.89. The number of hydrogen-bond acceptors (Lipinski definition) is 6. The molecule has 0 amide bonds. The first-order chi connectivity index (χ1) is 14.4. The van der Waals surface area contributed by atoms with E-state index in [1.165, 1.54) is 12.5 Å². The molecule has 3 aromatic rings. The molecule has 1 aromatic carbocycles. The second-order valence-electron chi connectivity index (χ2n) is 7.97. The highest BCUT2D eigenvalue weighted by atomic mass is 79.9. The van der Waals surface area contributed by atoms with Crippen LogP contribution >= 0.6 is 15.9 Å². The van der Waals surface area contributed by atoms with Crippen LogP contribution in [0, 0.1) is 12.8 Å². The van der Waals surface area contributed by atoms with Gasteiger partial charge in [0.05, 0.1) is 11.7 Å². The van der Waals surface area contributed by atoms with Crippen LogP contribution in [0.2, 0.25) is 0 Å². The van der Waals surface area contributed by atoms with Gasteiger partial charge in [-0.05, 0) is 55.0 Å². The minimum absolute atomic E-state index is 0.0712. The van der Waals surface area contributed by atoms with Gasteiger partial charge in [-0.25, -0.2) is 9.97 Å². The lowest BCUT2D eigenvalue weighted by atomic mass is 10.0. The Bertz CT molecular complexity index is 1060. The van der Waals surface area contributed by atoms with Crippen LogP contribution in [0.4, 0.5) is 5.82 Å². The molecule has 0 bridgehead atoms. The number of carbonyl (C=O) groups is 1. The third kappa shape index (κ3) is 4.47. The van der Waals surface area contributed by atoms with E-state index in [0.29, 0.717) is 24.2 Å². The van der Waals surface area contributed by atoms with Gasteiger partial charge in [-0.3, -0.25) is 4.79 Å². The van der Waals surface area contributed by atoms with Crippen LogP contribution in [0.1, 0.15) is 52.8 Å². The Morgan fingerprint density at radius 2 is 2.17 bits per heavy atom. The number of ketones is 1. The van der Waals surface area contributed by atoms with Crippen LogP contribution in [0.3, 0.4) is 0 Å². The molecule has 2 aromatic heterocycles. The summed E-state index contributed by atoms with van der Waals surface area (Å²) >= 11 is 3.49. The van der Waals surface area contributed by atoms with Crippen molar-refractivity contribution in [2.45, 2.75) is 45.3 Å². The van der Waals surface area contributed by atoms with Gasteiger partial charge in [0.2, 0.25) is 5.78 Å². The van der Waals surface area contributed by atoms with Gasteiger partial charge in [-0.15, -0.1) is 0 Å². The molecule has 30 heavy (non-hydrogen) atoms.